The Balaban J connectivity index is 1.59. The van der Waals surface area contributed by atoms with E-state index >= 15 is 0 Å². The van der Waals surface area contributed by atoms with Crippen LogP contribution in [-0.4, -0.2) is 19.5 Å². The van der Waals surface area contributed by atoms with E-state index in [1.165, 1.54) is 0 Å². The highest BCUT2D eigenvalue weighted by atomic mass is 16.1. The molecule has 5 aromatic rings. The monoisotopic (exact) mass is 366 g/mol. The summed E-state index contributed by atoms with van der Waals surface area (Å²) in [4.78, 5) is 25.1. The highest BCUT2D eigenvalue weighted by Gasteiger charge is 2.10. The van der Waals surface area contributed by atoms with Crippen molar-refractivity contribution in [1.82, 2.24) is 19.5 Å². The summed E-state index contributed by atoms with van der Waals surface area (Å²) in [6.07, 6.45) is 5.33. The number of aromatic amines is 1. The molecule has 0 spiro atoms. The van der Waals surface area contributed by atoms with E-state index < -0.39 is 0 Å². The van der Waals surface area contributed by atoms with Crippen LogP contribution in [0.2, 0.25) is 0 Å². The van der Waals surface area contributed by atoms with Crippen molar-refractivity contribution in [2.24, 2.45) is 0 Å². The topological polar surface area (TPSA) is 63.6 Å². The number of fused-ring (bicyclic) bond motifs is 2. The summed E-state index contributed by atoms with van der Waals surface area (Å²) in [5, 5.41) is 1.55. The third kappa shape index (κ3) is 2.77. The van der Waals surface area contributed by atoms with E-state index in [-0.39, 0.29) is 5.56 Å². The number of nitrogens with zero attached hydrogens (tertiary/aromatic N) is 3. The number of pyridine rings is 2. The maximum absolute atomic E-state index is 13.1. The van der Waals surface area contributed by atoms with Crippen molar-refractivity contribution in [3.63, 3.8) is 0 Å². The van der Waals surface area contributed by atoms with E-state index in [1.54, 1.807) is 10.8 Å². The predicted octanol–water partition coefficient (Wildman–Crippen LogP) is 4.30. The van der Waals surface area contributed by atoms with Crippen LogP contribution in [0.4, 0.5) is 0 Å². The molecule has 0 unspecified atom stereocenters. The Morgan fingerprint density at radius 1 is 1.00 bits per heavy atom. The standard InChI is InChI=1S/C23H18N4O/c1-15-25-21-8-7-16(11-22(21)26-15)14-27-10-9-18-19(17-5-3-2-4-6-17)12-24-13-20(18)23(27)28/h2-13H,14H2,1H3,(H,25,26). The summed E-state index contributed by atoms with van der Waals surface area (Å²) < 4.78 is 1.73. The van der Waals surface area contributed by atoms with Crippen LogP contribution in [0.3, 0.4) is 0 Å². The number of imidazole rings is 1. The highest BCUT2D eigenvalue weighted by Crippen LogP contribution is 2.25. The summed E-state index contributed by atoms with van der Waals surface area (Å²) in [5.41, 5.74) is 4.95. The van der Waals surface area contributed by atoms with Crippen LogP contribution in [0.1, 0.15) is 11.4 Å². The second-order valence-electron chi connectivity index (χ2n) is 6.94. The molecule has 0 saturated carbocycles. The molecule has 0 atom stereocenters. The van der Waals surface area contributed by atoms with Gasteiger partial charge in [0.15, 0.2) is 0 Å². The third-order valence-electron chi connectivity index (χ3n) is 5.00. The summed E-state index contributed by atoms with van der Waals surface area (Å²) >= 11 is 0. The molecule has 0 fully saturated rings. The van der Waals surface area contributed by atoms with Crippen LogP contribution in [0, 0.1) is 6.92 Å². The van der Waals surface area contributed by atoms with Crippen LogP contribution >= 0.6 is 0 Å². The lowest BCUT2D eigenvalue weighted by Crippen LogP contribution is -2.20. The summed E-state index contributed by atoms with van der Waals surface area (Å²) in [6, 6.07) is 18.1. The molecular weight excluding hydrogens is 348 g/mol. The number of hydrogen-bond acceptors (Lipinski definition) is 3. The van der Waals surface area contributed by atoms with Gasteiger partial charge in [-0.2, -0.15) is 0 Å². The van der Waals surface area contributed by atoms with Crippen molar-refractivity contribution in [3.05, 3.63) is 94.9 Å². The number of aromatic nitrogens is 4. The molecule has 0 radical (unpaired) electrons. The van der Waals surface area contributed by atoms with E-state index in [0.717, 1.165) is 38.9 Å². The Morgan fingerprint density at radius 2 is 1.86 bits per heavy atom. The summed E-state index contributed by atoms with van der Waals surface area (Å²) in [6.45, 7) is 2.43. The van der Waals surface area contributed by atoms with Gasteiger partial charge in [0.2, 0.25) is 0 Å². The molecule has 0 aliphatic carbocycles. The van der Waals surface area contributed by atoms with Crippen LogP contribution < -0.4 is 5.56 Å². The Morgan fingerprint density at radius 3 is 2.71 bits per heavy atom. The predicted molar refractivity (Wildman–Crippen MR) is 111 cm³/mol. The molecule has 5 heteroatoms. The van der Waals surface area contributed by atoms with Crippen LogP contribution in [0.5, 0.6) is 0 Å². The molecule has 28 heavy (non-hydrogen) atoms. The molecule has 136 valence electrons. The van der Waals surface area contributed by atoms with Crippen LogP contribution in [0.25, 0.3) is 32.9 Å². The molecule has 2 aromatic carbocycles. The first kappa shape index (κ1) is 16.4. The first-order valence-electron chi connectivity index (χ1n) is 9.17. The van der Waals surface area contributed by atoms with Gasteiger partial charge in [-0.1, -0.05) is 36.4 Å². The van der Waals surface area contributed by atoms with Crippen molar-refractivity contribution in [1.29, 1.82) is 0 Å². The van der Waals surface area contributed by atoms with Gasteiger partial charge in [-0.25, -0.2) is 4.98 Å². The van der Waals surface area contributed by atoms with Crippen LogP contribution in [-0.2, 0) is 6.54 Å². The number of rotatable bonds is 3. The zero-order chi connectivity index (χ0) is 19.1. The first-order valence-corrected chi connectivity index (χ1v) is 9.17. The van der Waals surface area contributed by atoms with Gasteiger partial charge in [0.1, 0.15) is 5.82 Å². The lowest BCUT2D eigenvalue weighted by Gasteiger charge is -2.10. The van der Waals surface area contributed by atoms with Gasteiger partial charge in [0.25, 0.3) is 5.56 Å². The molecule has 5 nitrogen and oxygen atoms in total. The zero-order valence-electron chi connectivity index (χ0n) is 15.4. The third-order valence-corrected chi connectivity index (χ3v) is 5.00. The van der Waals surface area contributed by atoms with Crippen molar-refractivity contribution in [2.45, 2.75) is 13.5 Å². The van der Waals surface area contributed by atoms with E-state index in [4.69, 9.17) is 0 Å². The Kier molecular flexibility index (Phi) is 3.79. The number of benzene rings is 2. The van der Waals surface area contributed by atoms with E-state index in [0.29, 0.717) is 11.9 Å². The molecule has 1 N–H and O–H groups in total. The molecule has 3 aromatic heterocycles. The molecule has 0 aliphatic rings. The van der Waals surface area contributed by atoms with Gasteiger partial charge in [-0.3, -0.25) is 9.78 Å². The fraction of sp³-hybridized carbons (Fsp3) is 0.0870. The van der Waals surface area contributed by atoms with Crippen LogP contribution in [0.15, 0.2) is 78.0 Å². The Bertz CT molecular complexity index is 1370. The van der Waals surface area contributed by atoms with Gasteiger partial charge in [-0.15, -0.1) is 0 Å². The molecular formula is C23H18N4O. The number of hydrogen-bond donors (Lipinski definition) is 1. The van der Waals surface area contributed by atoms with Gasteiger partial charge >= 0.3 is 0 Å². The number of aryl methyl sites for hydroxylation is 1. The Hall–Kier alpha value is -3.73. The van der Waals surface area contributed by atoms with E-state index in [9.17, 15) is 4.79 Å². The van der Waals surface area contributed by atoms with Gasteiger partial charge in [-0.05, 0) is 41.6 Å². The van der Waals surface area contributed by atoms with E-state index in [1.807, 2.05) is 73.9 Å². The fourth-order valence-corrected chi connectivity index (χ4v) is 3.66. The molecule has 0 saturated heterocycles. The number of nitrogens with one attached hydrogen (secondary N) is 1. The van der Waals surface area contributed by atoms with Gasteiger partial charge in [0, 0.05) is 24.2 Å². The normalized spacial score (nSPS) is 11.3. The molecule has 0 amide bonds. The van der Waals surface area contributed by atoms with E-state index in [2.05, 4.69) is 15.0 Å². The van der Waals surface area contributed by atoms with Crippen molar-refractivity contribution in [2.75, 3.05) is 0 Å². The molecule has 3 heterocycles. The largest absolute Gasteiger partial charge is 0.342 e. The zero-order valence-corrected chi connectivity index (χ0v) is 15.4. The fourth-order valence-electron chi connectivity index (χ4n) is 3.66. The molecule has 0 aliphatic heterocycles. The minimum Gasteiger partial charge on any atom is -0.342 e. The SMILES string of the molecule is Cc1nc2ccc(Cn3ccc4c(-c5ccccc5)cncc4c3=O)cc2[nH]1. The van der Waals surface area contributed by atoms with Crippen molar-refractivity contribution >= 4 is 21.8 Å². The van der Waals surface area contributed by atoms with Crippen molar-refractivity contribution < 1.29 is 0 Å². The van der Waals surface area contributed by atoms with Gasteiger partial charge in [0.05, 0.1) is 23.0 Å². The first-order chi connectivity index (χ1) is 13.7. The molecule has 0 bridgehead atoms. The van der Waals surface area contributed by atoms with Gasteiger partial charge < -0.3 is 9.55 Å². The lowest BCUT2D eigenvalue weighted by atomic mass is 10.0. The van der Waals surface area contributed by atoms with Crippen molar-refractivity contribution in [3.8, 4) is 11.1 Å². The summed E-state index contributed by atoms with van der Waals surface area (Å²) in [7, 11) is 0. The average molecular weight is 366 g/mol. The average Bonchev–Trinajstić information content (AvgIpc) is 3.10. The second-order valence-corrected chi connectivity index (χ2v) is 6.94. The minimum atomic E-state index is -0.0383. The smallest absolute Gasteiger partial charge is 0.260 e. The minimum absolute atomic E-state index is 0.0383. The maximum atomic E-state index is 13.1. The Labute approximate surface area is 161 Å². The second kappa shape index (κ2) is 6.46. The maximum Gasteiger partial charge on any atom is 0.260 e. The highest BCUT2D eigenvalue weighted by molar-refractivity contribution is 5.95. The number of H-pyrrole nitrogens is 1. The lowest BCUT2D eigenvalue weighted by molar-refractivity contribution is 0.768. The molecule has 5 rings (SSSR count). The quantitative estimate of drug-likeness (QED) is 0.518. The summed E-state index contributed by atoms with van der Waals surface area (Å²) in [5.74, 6) is 0.884.